The largest absolute Gasteiger partial charge is 0.118 e. The molecular formula is C19H23Cl. The molecule has 2 aromatic rings. The predicted octanol–water partition coefficient (Wildman–Crippen LogP) is 6.48. The van der Waals surface area contributed by atoms with Crippen molar-refractivity contribution in [3.63, 3.8) is 0 Å². The van der Waals surface area contributed by atoms with Crippen LogP contribution in [0.5, 0.6) is 0 Å². The highest BCUT2D eigenvalue weighted by molar-refractivity contribution is 6.21. The van der Waals surface area contributed by atoms with E-state index in [1.54, 1.807) is 0 Å². The molecule has 1 unspecified atom stereocenters. The maximum absolute atomic E-state index is 6.70. The van der Waals surface area contributed by atoms with E-state index in [4.69, 9.17) is 11.6 Å². The van der Waals surface area contributed by atoms with E-state index in [9.17, 15) is 0 Å². The third kappa shape index (κ3) is 3.17. The summed E-state index contributed by atoms with van der Waals surface area (Å²) < 4.78 is 0. The fraction of sp³-hybridized carbons (Fsp3) is 0.474. The molecule has 1 fully saturated rings. The first-order chi connectivity index (χ1) is 9.84. The molecule has 1 aliphatic rings. The van der Waals surface area contributed by atoms with E-state index in [2.05, 4.69) is 42.5 Å². The summed E-state index contributed by atoms with van der Waals surface area (Å²) in [5.41, 5.74) is 1.31. The summed E-state index contributed by atoms with van der Waals surface area (Å²) in [6, 6.07) is 15.1. The van der Waals surface area contributed by atoms with Crippen molar-refractivity contribution in [2.45, 2.75) is 50.3 Å². The molecule has 0 saturated heterocycles. The van der Waals surface area contributed by atoms with Gasteiger partial charge in [0.15, 0.2) is 0 Å². The molecule has 0 bridgehead atoms. The third-order valence-corrected chi connectivity index (χ3v) is 5.17. The van der Waals surface area contributed by atoms with E-state index < -0.39 is 0 Å². The average Bonchev–Trinajstić information content (AvgIpc) is 2.53. The van der Waals surface area contributed by atoms with Gasteiger partial charge in [-0.2, -0.15) is 0 Å². The van der Waals surface area contributed by atoms with Gasteiger partial charge in [0.05, 0.1) is 5.38 Å². The maximum Gasteiger partial charge on any atom is 0.0591 e. The quantitative estimate of drug-likeness (QED) is 0.564. The first kappa shape index (κ1) is 13.9. The lowest BCUT2D eigenvalue weighted by atomic mass is 9.85. The Balaban J connectivity index is 1.70. The highest BCUT2D eigenvalue weighted by Gasteiger charge is 2.17. The number of hydrogen-bond acceptors (Lipinski definition) is 0. The molecule has 0 heterocycles. The standard InChI is InChI=1S/C19H23Cl/c20-19(14-13-15-7-2-1-3-8-15)18-12-6-10-16-9-4-5-11-17(16)18/h4-6,9-12,15,19H,1-3,7-8,13-14H2. The zero-order valence-corrected chi connectivity index (χ0v) is 12.8. The second-order valence-corrected chi connectivity index (χ2v) is 6.64. The van der Waals surface area contributed by atoms with Gasteiger partial charge in [-0.1, -0.05) is 74.6 Å². The van der Waals surface area contributed by atoms with Crippen molar-refractivity contribution in [1.82, 2.24) is 0 Å². The van der Waals surface area contributed by atoms with Gasteiger partial charge in [-0.15, -0.1) is 11.6 Å². The molecule has 20 heavy (non-hydrogen) atoms. The van der Waals surface area contributed by atoms with E-state index in [1.807, 2.05) is 0 Å². The summed E-state index contributed by atoms with van der Waals surface area (Å²) in [6.45, 7) is 0. The van der Waals surface area contributed by atoms with Crippen LogP contribution in [0.4, 0.5) is 0 Å². The zero-order chi connectivity index (χ0) is 13.8. The summed E-state index contributed by atoms with van der Waals surface area (Å²) in [7, 11) is 0. The van der Waals surface area contributed by atoms with Crippen LogP contribution in [-0.2, 0) is 0 Å². The number of benzene rings is 2. The normalized spacial score (nSPS) is 18.2. The van der Waals surface area contributed by atoms with E-state index >= 15 is 0 Å². The Labute approximate surface area is 127 Å². The minimum atomic E-state index is 0.156. The lowest BCUT2D eigenvalue weighted by Gasteiger charge is -2.22. The van der Waals surface area contributed by atoms with Crippen LogP contribution in [0.3, 0.4) is 0 Å². The van der Waals surface area contributed by atoms with Crippen molar-refractivity contribution in [2.24, 2.45) is 5.92 Å². The first-order valence-electron chi connectivity index (χ1n) is 7.96. The van der Waals surface area contributed by atoms with Crippen LogP contribution in [0, 0.1) is 5.92 Å². The second-order valence-electron chi connectivity index (χ2n) is 6.12. The topological polar surface area (TPSA) is 0 Å². The second kappa shape index (κ2) is 6.63. The summed E-state index contributed by atoms with van der Waals surface area (Å²) in [4.78, 5) is 0. The molecule has 1 saturated carbocycles. The molecule has 0 aromatic heterocycles. The van der Waals surface area contributed by atoms with Gasteiger partial charge in [0, 0.05) is 0 Å². The van der Waals surface area contributed by atoms with Crippen LogP contribution < -0.4 is 0 Å². The van der Waals surface area contributed by atoms with Gasteiger partial charge in [-0.25, -0.2) is 0 Å². The summed E-state index contributed by atoms with van der Waals surface area (Å²) in [6.07, 6.45) is 9.51. The third-order valence-electron chi connectivity index (χ3n) is 4.71. The van der Waals surface area contributed by atoms with Gasteiger partial charge in [-0.3, -0.25) is 0 Å². The van der Waals surface area contributed by atoms with Gasteiger partial charge >= 0.3 is 0 Å². The van der Waals surface area contributed by atoms with Gasteiger partial charge in [0.1, 0.15) is 0 Å². The van der Waals surface area contributed by atoms with Gasteiger partial charge in [0.2, 0.25) is 0 Å². The van der Waals surface area contributed by atoms with Crippen molar-refractivity contribution in [1.29, 1.82) is 0 Å². The van der Waals surface area contributed by atoms with Crippen LogP contribution in [0.2, 0.25) is 0 Å². The van der Waals surface area contributed by atoms with Crippen LogP contribution in [0.25, 0.3) is 10.8 Å². The summed E-state index contributed by atoms with van der Waals surface area (Å²) >= 11 is 6.70. The van der Waals surface area contributed by atoms with Crippen LogP contribution >= 0.6 is 11.6 Å². The van der Waals surface area contributed by atoms with Crippen molar-refractivity contribution < 1.29 is 0 Å². The molecule has 0 spiro atoms. The molecule has 0 nitrogen and oxygen atoms in total. The molecular weight excluding hydrogens is 264 g/mol. The molecule has 2 aromatic carbocycles. The Morgan fingerprint density at radius 3 is 2.55 bits per heavy atom. The fourth-order valence-electron chi connectivity index (χ4n) is 3.54. The number of alkyl halides is 1. The van der Waals surface area contributed by atoms with Crippen LogP contribution in [-0.4, -0.2) is 0 Å². The number of fused-ring (bicyclic) bond motifs is 1. The van der Waals surface area contributed by atoms with Gasteiger partial charge in [-0.05, 0) is 35.1 Å². The van der Waals surface area contributed by atoms with Crippen LogP contribution in [0.1, 0.15) is 55.9 Å². The minimum Gasteiger partial charge on any atom is -0.118 e. The molecule has 1 aliphatic carbocycles. The van der Waals surface area contributed by atoms with E-state index in [-0.39, 0.29) is 5.38 Å². The van der Waals surface area contributed by atoms with E-state index in [0.29, 0.717) is 0 Å². The van der Waals surface area contributed by atoms with Gasteiger partial charge in [0.25, 0.3) is 0 Å². The Hall–Kier alpha value is -1.01. The highest BCUT2D eigenvalue weighted by Crippen LogP contribution is 2.35. The number of halogens is 1. The molecule has 0 aliphatic heterocycles. The smallest absolute Gasteiger partial charge is 0.0591 e. The molecule has 0 radical (unpaired) electrons. The van der Waals surface area contributed by atoms with Crippen molar-refractivity contribution in [3.05, 3.63) is 48.0 Å². The Morgan fingerprint density at radius 1 is 0.950 bits per heavy atom. The van der Waals surface area contributed by atoms with Gasteiger partial charge < -0.3 is 0 Å². The minimum absolute atomic E-state index is 0.156. The Kier molecular flexibility index (Phi) is 4.62. The fourth-order valence-corrected chi connectivity index (χ4v) is 3.85. The molecule has 0 N–H and O–H groups in total. The van der Waals surface area contributed by atoms with Crippen molar-refractivity contribution in [2.75, 3.05) is 0 Å². The lowest BCUT2D eigenvalue weighted by molar-refractivity contribution is 0.331. The number of rotatable bonds is 4. The molecule has 3 rings (SSSR count). The molecule has 106 valence electrons. The number of hydrogen-bond donors (Lipinski definition) is 0. The Morgan fingerprint density at radius 2 is 1.70 bits per heavy atom. The highest BCUT2D eigenvalue weighted by atomic mass is 35.5. The average molecular weight is 287 g/mol. The predicted molar refractivity (Wildman–Crippen MR) is 88.4 cm³/mol. The van der Waals surface area contributed by atoms with E-state index in [1.165, 1.54) is 54.9 Å². The summed E-state index contributed by atoms with van der Waals surface area (Å²) in [5.74, 6) is 0.917. The SMILES string of the molecule is ClC(CCC1CCCCC1)c1cccc2ccccc12. The summed E-state index contributed by atoms with van der Waals surface area (Å²) in [5, 5.41) is 2.77. The molecule has 1 atom stereocenters. The first-order valence-corrected chi connectivity index (χ1v) is 8.40. The maximum atomic E-state index is 6.70. The molecule has 1 heteroatoms. The monoisotopic (exact) mass is 286 g/mol. The van der Waals surface area contributed by atoms with Crippen molar-refractivity contribution in [3.8, 4) is 0 Å². The van der Waals surface area contributed by atoms with Crippen LogP contribution in [0.15, 0.2) is 42.5 Å². The Bertz CT molecular complexity index is 549. The van der Waals surface area contributed by atoms with Crippen molar-refractivity contribution >= 4 is 22.4 Å². The zero-order valence-electron chi connectivity index (χ0n) is 12.0. The van der Waals surface area contributed by atoms with E-state index in [0.717, 1.165) is 12.3 Å². The lowest BCUT2D eigenvalue weighted by Crippen LogP contribution is -2.07. The molecule has 0 amide bonds.